The van der Waals surface area contributed by atoms with Gasteiger partial charge in [-0.3, -0.25) is 9.59 Å². The SMILES string of the molecule is CCCCCCCCCCCCCCCCCOC(=O)C1CC2CC(O2)C1C(=O)OCCCCCCCCCCCCCCCCC. The second-order valence-electron chi connectivity index (χ2n) is 15.1. The second kappa shape index (κ2) is 29.8. The van der Waals surface area contributed by atoms with Gasteiger partial charge in [0, 0.05) is 6.42 Å². The van der Waals surface area contributed by atoms with E-state index in [1.807, 2.05) is 0 Å². The van der Waals surface area contributed by atoms with E-state index >= 15 is 0 Å². The number of unbranched alkanes of at least 4 members (excludes halogenated alkanes) is 28. The van der Waals surface area contributed by atoms with Gasteiger partial charge in [-0.25, -0.2) is 0 Å². The second-order valence-corrected chi connectivity index (χ2v) is 15.1. The first kappa shape index (κ1) is 42.1. The van der Waals surface area contributed by atoms with Gasteiger partial charge in [-0.15, -0.1) is 0 Å². The lowest BCUT2D eigenvalue weighted by Gasteiger charge is -2.48. The molecule has 2 heterocycles. The minimum atomic E-state index is -0.495. The van der Waals surface area contributed by atoms with Crippen molar-refractivity contribution in [1.29, 1.82) is 0 Å². The van der Waals surface area contributed by atoms with Crippen LogP contribution in [0.25, 0.3) is 0 Å². The Balaban J connectivity index is 1.41. The van der Waals surface area contributed by atoms with Gasteiger partial charge in [-0.2, -0.15) is 0 Å². The number of carbonyl (C=O) groups is 2. The Labute approximate surface area is 291 Å². The minimum Gasteiger partial charge on any atom is -0.465 e. The molecule has 0 aromatic carbocycles. The molecule has 2 saturated heterocycles. The fourth-order valence-electron chi connectivity index (χ4n) is 7.62. The van der Waals surface area contributed by atoms with E-state index in [9.17, 15) is 9.59 Å². The van der Waals surface area contributed by atoms with E-state index < -0.39 is 11.8 Å². The van der Waals surface area contributed by atoms with Crippen molar-refractivity contribution < 1.29 is 23.8 Å². The third-order valence-corrected chi connectivity index (χ3v) is 10.8. The summed E-state index contributed by atoms with van der Waals surface area (Å²) in [5, 5.41) is 0. The van der Waals surface area contributed by atoms with Crippen LogP contribution >= 0.6 is 0 Å². The third-order valence-electron chi connectivity index (χ3n) is 10.8. The molecular formula is C42H78O5. The molecule has 47 heavy (non-hydrogen) atoms. The van der Waals surface area contributed by atoms with Crippen LogP contribution in [0.4, 0.5) is 0 Å². The first-order valence-electron chi connectivity index (χ1n) is 21.2. The van der Waals surface area contributed by atoms with Gasteiger partial charge in [0.2, 0.25) is 0 Å². The zero-order valence-electron chi connectivity index (χ0n) is 31.4. The van der Waals surface area contributed by atoms with Crippen LogP contribution in [0, 0.1) is 11.8 Å². The molecule has 4 unspecified atom stereocenters. The highest BCUT2D eigenvalue weighted by molar-refractivity contribution is 5.83. The zero-order valence-corrected chi connectivity index (χ0v) is 31.4. The third kappa shape index (κ3) is 20.9. The maximum Gasteiger partial charge on any atom is 0.312 e. The fourth-order valence-corrected chi connectivity index (χ4v) is 7.62. The van der Waals surface area contributed by atoms with Crippen molar-refractivity contribution in [3.63, 3.8) is 0 Å². The number of carbonyl (C=O) groups excluding carboxylic acids is 2. The average molecular weight is 663 g/mol. The quantitative estimate of drug-likeness (QED) is 0.0507. The molecule has 1 saturated carbocycles. The molecule has 0 aromatic heterocycles. The lowest BCUT2D eigenvalue weighted by molar-refractivity contribution is -0.222. The molecule has 4 atom stereocenters. The van der Waals surface area contributed by atoms with Gasteiger partial charge in [-0.05, 0) is 19.3 Å². The summed E-state index contributed by atoms with van der Waals surface area (Å²) in [6.07, 6.45) is 40.9. The molecule has 0 radical (unpaired) electrons. The molecule has 5 nitrogen and oxygen atoms in total. The Morgan fingerprint density at radius 1 is 0.447 bits per heavy atom. The van der Waals surface area contributed by atoms with Crippen LogP contribution in [0.5, 0.6) is 0 Å². The fraction of sp³-hybridized carbons (Fsp3) is 0.952. The summed E-state index contributed by atoms with van der Waals surface area (Å²) in [7, 11) is 0. The molecule has 0 N–H and O–H groups in total. The normalized spacial score (nSPS) is 20.2. The Hall–Kier alpha value is -1.10. The highest BCUT2D eigenvalue weighted by Gasteiger charge is 2.54. The van der Waals surface area contributed by atoms with Gasteiger partial charge in [0.05, 0.1) is 37.3 Å². The van der Waals surface area contributed by atoms with Gasteiger partial charge in [-0.1, -0.05) is 194 Å². The summed E-state index contributed by atoms with van der Waals surface area (Å²) < 4.78 is 17.2. The number of ether oxygens (including phenoxy) is 3. The number of rotatable bonds is 34. The van der Waals surface area contributed by atoms with Crippen molar-refractivity contribution in [2.75, 3.05) is 13.2 Å². The maximum absolute atomic E-state index is 13.0. The summed E-state index contributed by atoms with van der Waals surface area (Å²) in [4.78, 5) is 26.0. The van der Waals surface area contributed by atoms with Gasteiger partial charge in [0.25, 0.3) is 0 Å². The van der Waals surface area contributed by atoms with Crippen LogP contribution in [0.3, 0.4) is 0 Å². The molecule has 2 aliphatic heterocycles. The molecule has 2 bridgehead atoms. The van der Waals surface area contributed by atoms with E-state index in [1.165, 1.54) is 167 Å². The van der Waals surface area contributed by atoms with Crippen molar-refractivity contribution in [1.82, 2.24) is 0 Å². The zero-order chi connectivity index (χ0) is 33.6. The minimum absolute atomic E-state index is 0.0999. The summed E-state index contributed by atoms with van der Waals surface area (Å²) in [5.41, 5.74) is 0. The van der Waals surface area contributed by atoms with E-state index in [0.29, 0.717) is 19.6 Å². The molecule has 3 rings (SSSR count). The van der Waals surface area contributed by atoms with Gasteiger partial charge < -0.3 is 14.2 Å². The van der Waals surface area contributed by atoms with Crippen molar-refractivity contribution in [2.45, 2.75) is 232 Å². The van der Waals surface area contributed by atoms with Crippen molar-refractivity contribution in [3.05, 3.63) is 0 Å². The Kier molecular flexibility index (Phi) is 26.7. The van der Waals surface area contributed by atoms with Gasteiger partial charge in [0.1, 0.15) is 0 Å². The van der Waals surface area contributed by atoms with Crippen LogP contribution in [-0.4, -0.2) is 37.4 Å². The average Bonchev–Trinajstić information content (AvgIpc) is 3.07. The van der Waals surface area contributed by atoms with Crippen LogP contribution in [-0.2, 0) is 23.8 Å². The molecule has 276 valence electrons. The summed E-state index contributed by atoms with van der Waals surface area (Å²) in [6, 6.07) is 0. The summed E-state index contributed by atoms with van der Waals surface area (Å²) >= 11 is 0. The largest absolute Gasteiger partial charge is 0.465 e. The first-order valence-corrected chi connectivity index (χ1v) is 21.2. The number of hydrogen-bond acceptors (Lipinski definition) is 5. The molecular weight excluding hydrogens is 584 g/mol. The predicted octanol–water partition coefficient (Wildman–Crippen LogP) is 12.6. The highest BCUT2D eigenvalue weighted by Crippen LogP contribution is 2.44. The van der Waals surface area contributed by atoms with Crippen LogP contribution in [0.1, 0.15) is 219 Å². The van der Waals surface area contributed by atoms with Crippen LogP contribution < -0.4 is 0 Å². The lowest BCUT2D eigenvalue weighted by Crippen LogP contribution is -2.57. The van der Waals surface area contributed by atoms with Crippen LogP contribution in [0.2, 0.25) is 0 Å². The van der Waals surface area contributed by atoms with Crippen molar-refractivity contribution in [2.24, 2.45) is 11.8 Å². The molecule has 3 aliphatic rings. The maximum atomic E-state index is 13.0. The Morgan fingerprint density at radius 3 is 1.09 bits per heavy atom. The molecule has 0 spiro atoms. The van der Waals surface area contributed by atoms with E-state index in [0.717, 1.165) is 32.1 Å². The standard InChI is InChI=1S/C42H78O5/c1-3-5-7-9-11-13-15-17-19-21-23-25-27-29-31-33-45-41(43)38-35-37-36-39(47-37)40(38)42(44)46-34-32-30-28-26-24-22-20-18-16-14-12-10-8-6-4-2/h37-40H,3-36H2,1-2H3. The van der Waals surface area contributed by atoms with E-state index in [1.54, 1.807) is 0 Å². The topological polar surface area (TPSA) is 61.8 Å². The molecule has 1 aliphatic carbocycles. The van der Waals surface area contributed by atoms with E-state index in [4.69, 9.17) is 14.2 Å². The van der Waals surface area contributed by atoms with Crippen molar-refractivity contribution >= 4 is 11.9 Å². The smallest absolute Gasteiger partial charge is 0.312 e. The molecule has 5 heteroatoms. The monoisotopic (exact) mass is 663 g/mol. The van der Waals surface area contributed by atoms with Gasteiger partial charge in [0.15, 0.2) is 0 Å². The Bertz CT molecular complexity index is 733. The van der Waals surface area contributed by atoms with E-state index in [2.05, 4.69) is 13.8 Å². The number of esters is 2. The van der Waals surface area contributed by atoms with Crippen molar-refractivity contribution in [3.8, 4) is 0 Å². The Morgan fingerprint density at radius 2 is 0.745 bits per heavy atom. The molecule has 3 fully saturated rings. The molecule has 0 amide bonds. The predicted molar refractivity (Wildman–Crippen MR) is 197 cm³/mol. The van der Waals surface area contributed by atoms with E-state index in [-0.39, 0.29) is 24.1 Å². The first-order chi connectivity index (χ1) is 23.2. The van der Waals surface area contributed by atoms with Gasteiger partial charge >= 0.3 is 11.9 Å². The number of hydrogen-bond donors (Lipinski definition) is 0. The summed E-state index contributed by atoms with van der Waals surface area (Å²) in [5.74, 6) is -1.38. The highest BCUT2D eigenvalue weighted by atomic mass is 16.6. The summed E-state index contributed by atoms with van der Waals surface area (Å²) in [6.45, 7) is 5.47. The molecule has 0 aromatic rings. The number of fused-ring (bicyclic) bond motifs is 2. The lowest BCUT2D eigenvalue weighted by atomic mass is 9.72. The van der Waals surface area contributed by atoms with Crippen LogP contribution in [0.15, 0.2) is 0 Å².